The quantitative estimate of drug-likeness (QED) is 0.879. The molecule has 1 fully saturated rings. The molecule has 24 heavy (non-hydrogen) atoms. The minimum atomic E-state index is -0.480. The summed E-state index contributed by atoms with van der Waals surface area (Å²) in [6, 6.07) is 6.24. The van der Waals surface area contributed by atoms with E-state index in [1.807, 2.05) is 18.7 Å². The number of benzene rings is 1. The van der Waals surface area contributed by atoms with Gasteiger partial charge in [-0.3, -0.25) is 9.59 Å². The fourth-order valence-corrected chi connectivity index (χ4v) is 3.06. The van der Waals surface area contributed by atoms with Gasteiger partial charge in [0.05, 0.1) is 0 Å². The Morgan fingerprint density at radius 3 is 2.38 bits per heavy atom. The third-order valence-electron chi connectivity index (χ3n) is 4.97. The van der Waals surface area contributed by atoms with Crippen molar-refractivity contribution >= 4 is 23.4 Å². The van der Waals surface area contributed by atoms with Gasteiger partial charge in [-0.1, -0.05) is 38.8 Å². The van der Waals surface area contributed by atoms with Crippen molar-refractivity contribution in [3.63, 3.8) is 0 Å². The van der Waals surface area contributed by atoms with Gasteiger partial charge in [0.15, 0.2) is 0 Å². The predicted octanol–water partition coefficient (Wildman–Crippen LogP) is 3.74. The second-order valence-corrected chi connectivity index (χ2v) is 7.29. The van der Waals surface area contributed by atoms with Crippen molar-refractivity contribution < 1.29 is 9.59 Å². The molecule has 0 aromatic heterocycles. The van der Waals surface area contributed by atoms with Crippen LogP contribution in [0.3, 0.4) is 0 Å². The van der Waals surface area contributed by atoms with Gasteiger partial charge >= 0.3 is 0 Å². The van der Waals surface area contributed by atoms with Gasteiger partial charge in [-0.2, -0.15) is 0 Å². The number of rotatable bonds is 5. The fraction of sp³-hybridized carbons (Fsp3) is 0.579. The summed E-state index contributed by atoms with van der Waals surface area (Å²) < 4.78 is 0. The van der Waals surface area contributed by atoms with Gasteiger partial charge in [0, 0.05) is 23.7 Å². The molecule has 1 aliphatic heterocycles. The Morgan fingerprint density at radius 2 is 1.83 bits per heavy atom. The van der Waals surface area contributed by atoms with E-state index in [0.29, 0.717) is 16.5 Å². The standard InChI is InChI=1S/C19H27ClN2O2/c1-4-14(3)17(19(24)22-11-9-13(2)10-12-22)21-18(23)15-5-7-16(20)8-6-15/h5-8,13-14,17H,4,9-12H2,1-3H3,(H,21,23). The molecule has 132 valence electrons. The molecule has 2 unspecified atom stereocenters. The van der Waals surface area contributed by atoms with E-state index < -0.39 is 6.04 Å². The molecule has 1 heterocycles. The van der Waals surface area contributed by atoms with Crippen LogP contribution in [-0.2, 0) is 4.79 Å². The molecule has 1 saturated heterocycles. The summed E-state index contributed by atoms with van der Waals surface area (Å²) in [6.45, 7) is 7.83. The smallest absolute Gasteiger partial charge is 0.251 e. The normalized spacial score (nSPS) is 18.1. The zero-order chi connectivity index (χ0) is 17.7. The van der Waals surface area contributed by atoms with E-state index in [1.54, 1.807) is 24.3 Å². The van der Waals surface area contributed by atoms with E-state index in [0.717, 1.165) is 32.4 Å². The molecule has 1 aromatic rings. The van der Waals surface area contributed by atoms with E-state index in [2.05, 4.69) is 12.2 Å². The van der Waals surface area contributed by atoms with Gasteiger partial charge in [0.2, 0.25) is 5.91 Å². The molecular formula is C19H27ClN2O2. The van der Waals surface area contributed by atoms with Gasteiger partial charge in [0.25, 0.3) is 5.91 Å². The molecule has 0 spiro atoms. The number of amides is 2. The van der Waals surface area contributed by atoms with Gasteiger partial charge < -0.3 is 10.2 Å². The molecular weight excluding hydrogens is 324 g/mol. The highest BCUT2D eigenvalue weighted by Crippen LogP contribution is 2.19. The average molecular weight is 351 g/mol. The molecule has 4 nitrogen and oxygen atoms in total. The second kappa shape index (κ2) is 8.52. The molecule has 0 saturated carbocycles. The third-order valence-corrected chi connectivity index (χ3v) is 5.22. The maximum atomic E-state index is 12.9. The van der Waals surface area contributed by atoms with Crippen LogP contribution < -0.4 is 5.32 Å². The van der Waals surface area contributed by atoms with Gasteiger partial charge in [-0.05, 0) is 48.9 Å². The summed E-state index contributed by atoms with van der Waals surface area (Å²) in [6.07, 6.45) is 2.90. The van der Waals surface area contributed by atoms with Crippen molar-refractivity contribution in [1.82, 2.24) is 10.2 Å². The Kier molecular flexibility index (Phi) is 6.67. The van der Waals surface area contributed by atoms with Crippen molar-refractivity contribution in [2.24, 2.45) is 11.8 Å². The Bertz CT molecular complexity index is 565. The van der Waals surface area contributed by atoms with Crippen molar-refractivity contribution in [2.75, 3.05) is 13.1 Å². The second-order valence-electron chi connectivity index (χ2n) is 6.85. The minimum Gasteiger partial charge on any atom is -0.341 e. The first-order valence-corrected chi connectivity index (χ1v) is 9.15. The summed E-state index contributed by atoms with van der Waals surface area (Å²) in [5.74, 6) is 0.571. The molecule has 0 radical (unpaired) electrons. The summed E-state index contributed by atoms with van der Waals surface area (Å²) in [4.78, 5) is 27.3. The Hall–Kier alpha value is -1.55. The monoisotopic (exact) mass is 350 g/mol. The summed E-state index contributed by atoms with van der Waals surface area (Å²) in [5, 5.41) is 3.53. The molecule has 1 N–H and O–H groups in total. The van der Waals surface area contributed by atoms with E-state index in [-0.39, 0.29) is 17.7 Å². The maximum absolute atomic E-state index is 12.9. The number of nitrogens with one attached hydrogen (secondary N) is 1. The van der Waals surface area contributed by atoms with Crippen molar-refractivity contribution in [1.29, 1.82) is 0 Å². The molecule has 2 amide bonds. The summed E-state index contributed by atoms with van der Waals surface area (Å²) in [7, 11) is 0. The predicted molar refractivity (Wildman–Crippen MR) is 97.1 cm³/mol. The van der Waals surface area contributed by atoms with Gasteiger partial charge in [0.1, 0.15) is 6.04 Å². The first-order valence-electron chi connectivity index (χ1n) is 8.77. The molecule has 5 heteroatoms. The third kappa shape index (κ3) is 4.73. The molecule has 0 aliphatic carbocycles. The Morgan fingerprint density at radius 1 is 1.25 bits per heavy atom. The Balaban J connectivity index is 2.08. The number of likely N-dealkylation sites (tertiary alicyclic amines) is 1. The topological polar surface area (TPSA) is 49.4 Å². The first kappa shape index (κ1) is 18.8. The highest BCUT2D eigenvalue weighted by Gasteiger charge is 2.31. The van der Waals surface area contributed by atoms with E-state index in [9.17, 15) is 9.59 Å². The lowest BCUT2D eigenvalue weighted by Gasteiger charge is -2.35. The number of carbonyl (C=O) groups excluding carboxylic acids is 2. The van der Waals surface area contributed by atoms with Gasteiger partial charge in [-0.25, -0.2) is 0 Å². The number of carbonyl (C=O) groups is 2. The fourth-order valence-electron chi connectivity index (χ4n) is 2.93. The van der Waals surface area contributed by atoms with Crippen molar-refractivity contribution in [2.45, 2.75) is 46.1 Å². The lowest BCUT2D eigenvalue weighted by molar-refractivity contribution is -0.135. The Labute approximate surface area is 149 Å². The maximum Gasteiger partial charge on any atom is 0.251 e. The first-order chi connectivity index (χ1) is 11.4. The number of nitrogens with zero attached hydrogens (tertiary/aromatic N) is 1. The molecule has 1 aromatic carbocycles. The zero-order valence-corrected chi connectivity index (χ0v) is 15.5. The van der Waals surface area contributed by atoms with Crippen molar-refractivity contribution in [3.05, 3.63) is 34.9 Å². The molecule has 0 bridgehead atoms. The van der Waals surface area contributed by atoms with Crippen LogP contribution in [0.4, 0.5) is 0 Å². The minimum absolute atomic E-state index is 0.0403. The van der Waals surface area contributed by atoms with Crippen LogP contribution in [0.1, 0.15) is 50.4 Å². The van der Waals surface area contributed by atoms with Crippen LogP contribution in [0.5, 0.6) is 0 Å². The van der Waals surface area contributed by atoms with Crippen LogP contribution >= 0.6 is 11.6 Å². The number of halogens is 1. The highest BCUT2D eigenvalue weighted by molar-refractivity contribution is 6.30. The molecule has 2 atom stereocenters. The summed E-state index contributed by atoms with van der Waals surface area (Å²) >= 11 is 5.87. The largest absolute Gasteiger partial charge is 0.341 e. The average Bonchev–Trinajstić information content (AvgIpc) is 2.59. The molecule has 1 aliphatic rings. The van der Waals surface area contributed by atoms with Gasteiger partial charge in [-0.15, -0.1) is 0 Å². The summed E-state index contributed by atoms with van der Waals surface area (Å²) in [5.41, 5.74) is 0.521. The van der Waals surface area contributed by atoms with Crippen molar-refractivity contribution in [3.8, 4) is 0 Å². The van der Waals surface area contributed by atoms with E-state index in [1.165, 1.54) is 0 Å². The lowest BCUT2D eigenvalue weighted by Crippen LogP contribution is -2.53. The SMILES string of the molecule is CCC(C)C(NC(=O)c1ccc(Cl)cc1)C(=O)N1CCC(C)CC1. The highest BCUT2D eigenvalue weighted by atomic mass is 35.5. The number of hydrogen-bond donors (Lipinski definition) is 1. The zero-order valence-electron chi connectivity index (χ0n) is 14.7. The van der Waals surface area contributed by atoms with E-state index in [4.69, 9.17) is 11.6 Å². The molecule has 2 rings (SSSR count). The van der Waals surface area contributed by atoms with Crippen LogP contribution in [0.2, 0.25) is 5.02 Å². The lowest BCUT2D eigenvalue weighted by atomic mass is 9.94. The van der Waals surface area contributed by atoms with Crippen LogP contribution in [-0.4, -0.2) is 35.8 Å². The number of piperidine rings is 1. The number of hydrogen-bond acceptors (Lipinski definition) is 2. The van der Waals surface area contributed by atoms with E-state index >= 15 is 0 Å². The van der Waals surface area contributed by atoms with Crippen LogP contribution in [0.25, 0.3) is 0 Å². The van der Waals surface area contributed by atoms with Crippen LogP contribution in [0.15, 0.2) is 24.3 Å². The van der Waals surface area contributed by atoms with Crippen LogP contribution in [0, 0.1) is 11.8 Å².